The van der Waals surface area contributed by atoms with Gasteiger partial charge in [-0.05, 0) is 44.9 Å². The molecule has 0 aromatic rings. The first-order valence-electron chi connectivity index (χ1n) is 32.0. The maximum Gasteiger partial charge on any atom is 0.361 e. The summed E-state index contributed by atoms with van der Waals surface area (Å²) < 4.78 is 23.0. The van der Waals surface area contributed by atoms with E-state index in [9.17, 15) is 19.5 Å². The van der Waals surface area contributed by atoms with Gasteiger partial charge in [-0.15, -0.1) is 0 Å². The molecule has 0 amide bonds. The van der Waals surface area contributed by atoms with Gasteiger partial charge >= 0.3 is 17.9 Å². The van der Waals surface area contributed by atoms with Crippen molar-refractivity contribution in [2.24, 2.45) is 0 Å². The summed E-state index contributed by atoms with van der Waals surface area (Å²) in [7, 11) is 5.98. The van der Waals surface area contributed by atoms with Gasteiger partial charge in [-0.25, -0.2) is 4.79 Å². The molecule has 0 spiro atoms. The maximum absolute atomic E-state index is 12.9. The minimum Gasteiger partial charge on any atom is -0.477 e. The summed E-state index contributed by atoms with van der Waals surface area (Å²) in [4.78, 5) is 37.5. The first-order valence-corrected chi connectivity index (χ1v) is 32.0. The van der Waals surface area contributed by atoms with Gasteiger partial charge in [-0.3, -0.25) is 9.59 Å². The van der Waals surface area contributed by atoms with E-state index in [1.807, 2.05) is 21.1 Å². The molecule has 9 nitrogen and oxygen atoms in total. The van der Waals surface area contributed by atoms with Crippen molar-refractivity contribution in [2.75, 3.05) is 47.5 Å². The zero-order chi connectivity index (χ0) is 54.1. The Hall–Kier alpha value is -2.23. The molecule has 0 saturated carbocycles. The number of carbonyl (C=O) groups is 3. The van der Waals surface area contributed by atoms with Gasteiger partial charge in [0.2, 0.25) is 0 Å². The van der Waals surface area contributed by atoms with Crippen molar-refractivity contribution >= 4 is 17.9 Å². The van der Waals surface area contributed by atoms with Gasteiger partial charge in [-0.1, -0.05) is 282 Å². The molecule has 0 aromatic heterocycles. The molecule has 436 valence electrons. The lowest BCUT2D eigenvalue weighted by Gasteiger charge is -2.25. The van der Waals surface area contributed by atoms with Gasteiger partial charge < -0.3 is 28.5 Å². The van der Waals surface area contributed by atoms with Crippen LogP contribution in [0.5, 0.6) is 0 Å². The largest absolute Gasteiger partial charge is 0.477 e. The molecule has 1 N–H and O–H groups in total. The van der Waals surface area contributed by atoms with E-state index >= 15 is 0 Å². The average Bonchev–Trinajstić information content (AvgIpc) is 3.37. The maximum atomic E-state index is 12.9. The number of quaternary nitrogens is 1. The Morgan fingerprint density at radius 3 is 1.07 bits per heavy atom. The molecule has 2 atom stereocenters. The second kappa shape index (κ2) is 57.0. The summed E-state index contributed by atoms with van der Waals surface area (Å²) in [6.45, 7) is 4.93. The number of ether oxygens (including phenoxy) is 4. The van der Waals surface area contributed by atoms with Gasteiger partial charge in [0, 0.05) is 12.8 Å². The van der Waals surface area contributed by atoms with Crippen LogP contribution in [0.25, 0.3) is 0 Å². The summed E-state index contributed by atoms with van der Waals surface area (Å²) in [5.74, 6) is -1.98. The van der Waals surface area contributed by atoms with Crippen LogP contribution in [0.2, 0.25) is 0 Å². The van der Waals surface area contributed by atoms with Crippen LogP contribution in [0.15, 0.2) is 24.3 Å². The van der Waals surface area contributed by atoms with Crippen LogP contribution in [0.4, 0.5) is 0 Å². The molecule has 0 bridgehead atoms. The van der Waals surface area contributed by atoms with Crippen molar-refractivity contribution in [3.63, 3.8) is 0 Å². The number of carbonyl (C=O) groups excluding carboxylic acids is 2. The van der Waals surface area contributed by atoms with E-state index in [2.05, 4.69) is 38.2 Å². The standard InChI is InChI=1S/C65H123NO8/c1-6-8-10-12-14-16-18-20-22-24-26-28-30-31-32-33-34-36-38-40-42-44-46-48-50-52-54-56-63(68)74-61(60-73-65(64(69)70)71-58-57-66(3,4)5)59-72-62(67)55-53-51-49-47-45-43-41-39-37-35-29-27-25-23-21-19-17-15-13-11-9-7-2/h18,20,24,26,61,65H,6-17,19,21-23,25,27-60H2,1-5H3/p+1/b20-18-,26-24-. The highest BCUT2D eigenvalue weighted by Crippen LogP contribution is 2.18. The molecule has 0 aromatic carbocycles. The van der Waals surface area contributed by atoms with Crippen molar-refractivity contribution in [1.82, 2.24) is 0 Å². The number of hydrogen-bond acceptors (Lipinski definition) is 7. The lowest BCUT2D eigenvalue weighted by molar-refractivity contribution is -0.870. The third-order valence-electron chi connectivity index (χ3n) is 14.5. The third kappa shape index (κ3) is 57.5. The molecule has 2 unspecified atom stereocenters. The number of esters is 2. The van der Waals surface area contributed by atoms with Crippen molar-refractivity contribution in [1.29, 1.82) is 0 Å². The molecule has 0 aliphatic carbocycles. The Morgan fingerprint density at radius 2 is 0.730 bits per heavy atom. The highest BCUT2D eigenvalue weighted by Gasteiger charge is 2.25. The zero-order valence-electron chi connectivity index (χ0n) is 49.8. The Balaban J connectivity index is 4.14. The minimum atomic E-state index is -1.51. The number of hydrogen-bond donors (Lipinski definition) is 1. The van der Waals surface area contributed by atoms with E-state index in [0.29, 0.717) is 17.4 Å². The molecule has 0 radical (unpaired) electrons. The second-order valence-corrected chi connectivity index (χ2v) is 23.1. The number of aliphatic carboxylic acids is 1. The Kier molecular flexibility index (Phi) is 55.2. The van der Waals surface area contributed by atoms with Crippen molar-refractivity contribution in [3.8, 4) is 0 Å². The number of unbranched alkanes of at least 4 members (excludes halogenated alkanes) is 41. The summed E-state index contributed by atoms with van der Waals surface area (Å²) in [5, 5.41) is 9.72. The van der Waals surface area contributed by atoms with Crippen molar-refractivity contribution in [2.45, 2.75) is 328 Å². The van der Waals surface area contributed by atoms with Crippen molar-refractivity contribution in [3.05, 3.63) is 24.3 Å². The fraction of sp³-hybridized carbons (Fsp3) is 0.892. The van der Waals surface area contributed by atoms with Crippen LogP contribution in [0.1, 0.15) is 316 Å². The molecule has 0 aliphatic rings. The van der Waals surface area contributed by atoms with Crippen LogP contribution in [0, 0.1) is 0 Å². The Morgan fingerprint density at radius 1 is 0.405 bits per heavy atom. The number of likely N-dealkylation sites (N-methyl/N-ethyl adjacent to an activating group) is 1. The van der Waals surface area contributed by atoms with Gasteiger partial charge in [0.25, 0.3) is 6.29 Å². The van der Waals surface area contributed by atoms with Crippen LogP contribution in [-0.2, 0) is 33.3 Å². The van der Waals surface area contributed by atoms with Crippen LogP contribution >= 0.6 is 0 Å². The average molecular weight is 1050 g/mol. The predicted molar refractivity (Wildman–Crippen MR) is 314 cm³/mol. The fourth-order valence-corrected chi connectivity index (χ4v) is 9.52. The van der Waals surface area contributed by atoms with Crippen LogP contribution in [0.3, 0.4) is 0 Å². The number of allylic oxidation sites excluding steroid dienone is 4. The highest BCUT2D eigenvalue weighted by molar-refractivity contribution is 5.71. The summed E-state index contributed by atoms with van der Waals surface area (Å²) in [6.07, 6.45) is 65.5. The number of nitrogens with zero attached hydrogens (tertiary/aromatic N) is 1. The van der Waals surface area contributed by atoms with E-state index in [-0.39, 0.29) is 38.2 Å². The molecule has 0 rings (SSSR count). The molecule has 0 fully saturated rings. The Labute approximate surface area is 458 Å². The molecular formula is C65H124NO8+. The van der Waals surface area contributed by atoms with E-state index in [1.54, 1.807) is 0 Å². The number of rotatable bonds is 60. The fourth-order valence-electron chi connectivity index (χ4n) is 9.52. The lowest BCUT2D eigenvalue weighted by Crippen LogP contribution is -2.40. The SMILES string of the molecule is CCCCCCC/C=C\C/C=C\CCCCCCCCCCCCCCCCCC(=O)OC(COC(=O)CCCCCCCCCCCCCCCCCCCCCCCC)COC(OCC[N+](C)(C)C)C(=O)O. The van der Waals surface area contributed by atoms with Gasteiger partial charge in [-0.2, -0.15) is 0 Å². The molecular weight excluding hydrogens is 923 g/mol. The normalized spacial score (nSPS) is 12.8. The predicted octanol–water partition coefficient (Wildman–Crippen LogP) is 19.1. The minimum absolute atomic E-state index is 0.176. The summed E-state index contributed by atoms with van der Waals surface area (Å²) in [5.41, 5.74) is 0. The van der Waals surface area contributed by atoms with E-state index in [1.165, 1.54) is 244 Å². The van der Waals surface area contributed by atoms with Crippen molar-refractivity contribution < 1.29 is 42.9 Å². The third-order valence-corrected chi connectivity index (χ3v) is 14.5. The molecule has 9 heteroatoms. The first-order chi connectivity index (χ1) is 36.1. The van der Waals surface area contributed by atoms with Gasteiger partial charge in [0.1, 0.15) is 13.2 Å². The molecule has 0 aliphatic heterocycles. The topological polar surface area (TPSA) is 108 Å². The molecule has 74 heavy (non-hydrogen) atoms. The smallest absolute Gasteiger partial charge is 0.361 e. The zero-order valence-corrected chi connectivity index (χ0v) is 49.8. The quantitative estimate of drug-likeness (QED) is 0.0211. The first kappa shape index (κ1) is 71.8. The monoisotopic (exact) mass is 1050 g/mol. The van der Waals surface area contributed by atoms with Gasteiger partial charge in [0.05, 0.1) is 34.4 Å². The second-order valence-electron chi connectivity index (χ2n) is 23.1. The Bertz CT molecular complexity index is 1260. The van der Waals surface area contributed by atoms with Crippen LogP contribution in [-0.4, -0.2) is 87.4 Å². The highest BCUT2D eigenvalue weighted by atomic mass is 16.7. The lowest BCUT2D eigenvalue weighted by atomic mass is 10.0. The summed E-state index contributed by atoms with van der Waals surface area (Å²) in [6, 6.07) is 0. The van der Waals surface area contributed by atoms with Crippen LogP contribution < -0.4 is 0 Å². The summed E-state index contributed by atoms with van der Waals surface area (Å²) >= 11 is 0. The van der Waals surface area contributed by atoms with E-state index in [0.717, 1.165) is 44.9 Å². The molecule has 0 heterocycles. The number of carboxylic acids is 1. The molecule has 0 saturated heterocycles. The van der Waals surface area contributed by atoms with E-state index in [4.69, 9.17) is 18.9 Å². The van der Waals surface area contributed by atoms with E-state index < -0.39 is 18.4 Å². The van der Waals surface area contributed by atoms with Gasteiger partial charge in [0.15, 0.2) is 6.10 Å². The number of carboxylic acid groups (broad SMARTS) is 1.